The van der Waals surface area contributed by atoms with Gasteiger partial charge in [-0.3, -0.25) is 4.79 Å². The van der Waals surface area contributed by atoms with Gasteiger partial charge in [-0.2, -0.15) is 0 Å². The standard InChI is InChI=1S/C15H16N4O.ClH/c16-11-2-1-3-13(9-11)19-15(20)7-4-10-8-12(17)5-6-14(10)18;/h1-9H,16-18H2,(H,19,20);1H/b7-4-;. The SMILES string of the molecule is Cl.Nc1cccc(NC(=O)/C=C\c2cc(N)ccc2N)c1. The van der Waals surface area contributed by atoms with Gasteiger partial charge in [0.2, 0.25) is 5.91 Å². The lowest BCUT2D eigenvalue weighted by Gasteiger charge is -2.04. The van der Waals surface area contributed by atoms with Crippen molar-refractivity contribution in [2.75, 3.05) is 22.5 Å². The third-order valence-corrected chi connectivity index (χ3v) is 2.68. The monoisotopic (exact) mass is 304 g/mol. The van der Waals surface area contributed by atoms with Gasteiger partial charge in [-0.15, -0.1) is 12.4 Å². The topological polar surface area (TPSA) is 107 Å². The van der Waals surface area contributed by atoms with Crippen LogP contribution in [0, 0.1) is 0 Å². The Morgan fingerprint density at radius 1 is 1.00 bits per heavy atom. The highest BCUT2D eigenvalue weighted by atomic mass is 35.5. The molecule has 0 aliphatic carbocycles. The van der Waals surface area contributed by atoms with Crippen LogP contribution in [0.5, 0.6) is 0 Å². The van der Waals surface area contributed by atoms with E-state index >= 15 is 0 Å². The van der Waals surface area contributed by atoms with E-state index in [1.54, 1.807) is 48.5 Å². The number of carbonyl (C=O) groups is 1. The summed E-state index contributed by atoms with van der Waals surface area (Å²) in [5.74, 6) is -0.266. The summed E-state index contributed by atoms with van der Waals surface area (Å²) in [6.45, 7) is 0. The second kappa shape index (κ2) is 7.21. The summed E-state index contributed by atoms with van der Waals surface area (Å²) in [6.07, 6.45) is 3.02. The van der Waals surface area contributed by atoms with Crippen LogP contribution in [0.2, 0.25) is 0 Å². The third kappa shape index (κ3) is 4.74. The van der Waals surface area contributed by atoms with Crippen molar-refractivity contribution in [3.63, 3.8) is 0 Å². The predicted molar refractivity (Wildman–Crippen MR) is 91.0 cm³/mol. The zero-order valence-electron chi connectivity index (χ0n) is 11.2. The van der Waals surface area contributed by atoms with E-state index in [1.807, 2.05) is 0 Å². The van der Waals surface area contributed by atoms with Crippen molar-refractivity contribution in [1.82, 2.24) is 0 Å². The molecule has 21 heavy (non-hydrogen) atoms. The first kappa shape index (κ1) is 16.4. The van der Waals surface area contributed by atoms with E-state index in [2.05, 4.69) is 5.32 Å². The van der Waals surface area contributed by atoms with E-state index in [4.69, 9.17) is 17.2 Å². The Bertz CT molecular complexity index is 670. The Labute approximate surface area is 129 Å². The van der Waals surface area contributed by atoms with Gasteiger partial charge in [-0.1, -0.05) is 6.07 Å². The number of rotatable bonds is 3. The summed E-state index contributed by atoms with van der Waals surface area (Å²) < 4.78 is 0. The van der Waals surface area contributed by atoms with Crippen LogP contribution in [-0.2, 0) is 4.79 Å². The predicted octanol–water partition coefficient (Wildman–Crippen LogP) is 2.51. The number of hydrogen-bond acceptors (Lipinski definition) is 4. The Morgan fingerprint density at radius 2 is 1.71 bits per heavy atom. The zero-order chi connectivity index (χ0) is 14.5. The van der Waals surface area contributed by atoms with Gasteiger partial charge in [0.05, 0.1) is 0 Å². The molecule has 0 radical (unpaired) electrons. The first-order valence-corrected chi connectivity index (χ1v) is 6.04. The van der Waals surface area contributed by atoms with Crippen molar-refractivity contribution in [3.05, 3.63) is 54.1 Å². The van der Waals surface area contributed by atoms with E-state index in [-0.39, 0.29) is 18.3 Å². The average molecular weight is 305 g/mol. The number of amides is 1. The first-order valence-electron chi connectivity index (χ1n) is 6.04. The van der Waals surface area contributed by atoms with Gasteiger partial charge in [-0.05, 0) is 48.0 Å². The van der Waals surface area contributed by atoms with Crippen molar-refractivity contribution in [2.24, 2.45) is 0 Å². The molecule has 0 bridgehead atoms. The van der Waals surface area contributed by atoms with Crippen molar-refractivity contribution >= 4 is 47.1 Å². The van der Waals surface area contributed by atoms with E-state index in [9.17, 15) is 4.79 Å². The fraction of sp³-hybridized carbons (Fsp3) is 0. The molecule has 0 fully saturated rings. The lowest BCUT2D eigenvalue weighted by atomic mass is 10.1. The molecular weight excluding hydrogens is 288 g/mol. The second-order valence-corrected chi connectivity index (χ2v) is 4.34. The van der Waals surface area contributed by atoms with Crippen LogP contribution in [0.3, 0.4) is 0 Å². The number of carbonyl (C=O) groups excluding carboxylic acids is 1. The zero-order valence-corrected chi connectivity index (χ0v) is 12.1. The van der Waals surface area contributed by atoms with Gasteiger partial charge in [0.25, 0.3) is 0 Å². The van der Waals surface area contributed by atoms with Crippen molar-refractivity contribution in [3.8, 4) is 0 Å². The summed E-state index contributed by atoms with van der Waals surface area (Å²) in [6, 6.07) is 12.1. The molecule has 1 amide bonds. The summed E-state index contributed by atoms with van der Waals surface area (Å²) in [7, 11) is 0. The highest BCUT2D eigenvalue weighted by Gasteiger charge is 2.00. The minimum atomic E-state index is -0.266. The normalized spacial score (nSPS) is 10.1. The molecule has 5 nitrogen and oxygen atoms in total. The van der Waals surface area contributed by atoms with Crippen LogP contribution in [0.1, 0.15) is 5.56 Å². The largest absolute Gasteiger partial charge is 0.399 e. The molecule has 6 heteroatoms. The molecule has 0 unspecified atom stereocenters. The number of benzene rings is 2. The van der Waals surface area contributed by atoms with E-state index in [1.165, 1.54) is 6.08 Å². The molecule has 2 rings (SSSR count). The van der Waals surface area contributed by atoms with Crippen molar-refractivity contribution < 1.29 is 4.79 Å². The molecule has 0 aliphatic rings. The molecule has 0 atom stereocenters. The van der Waals surface area contributed by atoms with Crippen LogP contribution in [-0.4, -0.2) is 5.91 Å². The number of halogens is 1. The first-order chi connectivity index (χ1) is 9.54. The molecule has 0 aromatic heterocycles. The maximum absolute atomic E-state index is 11.8. The number of anilines is 4. The van der Waals surface area contributed by atoms with Gasteiger partial charge in [0.1, 0.15) is 0 Å². The average Bonchev–Trinajstić information content (AvgIpc) is 2.40. The number of hydrogen-bond donors (Lipinski definition) is 4. The highest BCUT2D eigenvalue weighted by molar-refractivity contribution is 6.02. The minimum absolute atomic E-state index is 0. The maximum Gasteiger partial charge on any atom is 0.248 e. The Kier molecular flexibility index (Phi) is 5.63. The summed E-state index contributed by atoms with van der Waals surface area (Å²) in [5, 5.41) is 2.71. The maximum atomic E-state index is 11.8. The molecule has 0 spiro atoms. The van der Waals surface area contributed by atoms with E-state index in [0.29, 0.717) is 28.3 Å². The van der Waals surface area contributed by atoms with Gasteiger partial charge in [0.15, 0.2) is 0 Å². The fourth-order valence-electron chi connectivity index (χ4n) is 1.70. The highest BCUT2D eigenvalue weighted by Crippen LogP contribution is 2.17. The third-order valence-electron chi connectivity index (χ3n) is 2.68. The smallest absolute Gasteiger partial charge is 0.248 e. The molecule has 2 aromatic carbocycles. The lowest BCUT2D eigenvalue weighted by Crippen LogP contribution is -2.08. The summed E-state index contributed by atoms with van der Waals surface area (Å²) in [4.78, 5) is 11.8. The van der Waals surface area contributed by atoms with Crippen LogP contribution in [0.15, 0.2) is 48.5 Å². The van der Waals surface area contributed by atoms with Crippen LogP contribution >= 0.6 is 12.4 Å². The quantitative estimate of drug-likeness (QED) is 0.516. The van der Waals surface area contributed by atoms with E-state index in [0.717, 1.165) is 0 Å². The molecule has 0 heterocycles. The van der Waals surface area contributed by atoms with Gasteiger partial charge < -0.3 is 22.5 Å². The van der Waals surface area contributed by atoms with E-state index < -0.39 is 0 Å². The molecule has 0 saturated carbocycles. The molecule has 7 N–H and O–H groups in total. The van der Waals surface area contributed by atoms with Gasteiger partial charge in [0, 0.05) is 28.8 Å². The summed E-state index contributed by atoms with van der Waals surface area (Å²) in [5.41, 5.74) is 20.2. The number of nitrogens with one attached hydrogen (secondary N) is 1. The molecule has 0 saturated heterocycles. The lowest BCUT2D eigenvalue weighted by molar-refractivity contribution is -0.111. The molecular formula is C15H17ClN4O. The van der Waals surface area contributed by atoms with Crippen molar-refractivity contribution in [1.29, 1.82) is 0 Å². The molecule has 110 valence electrons. The number of nitrogen functional groups attached to an aromatic ring is 3. The Morgan fingerprint density at radius 3 is 2.43 bits per heavy atom. The van der Waals surface area contributed by atoms with Crippen molar-refractivity contribution in [2.45, 2.75) is 0 Å². The second-order valence-electron chi connectivity index (χ2n) is 4.34. The molecule has 2 aromatic rings. The van der Waals surface area contributed by atoms with Gasteiger partial charge in [-0.25, -0.2) is 0 Å². The Hall–Kier alpha value is -2.66. The number of nitrogens with two attached hydrogens (primary N) is 3. The van der Waals surface area contributed by atoms with Crippen LogP contribution < -0.4 is 22.5 Å². The van der Waals surface area contributed by atoms with Crippen LogP contribution in [0.4, 0.5) is 22.7 Å². The summed E-state index contributed by atoms with van der Waals surface area (Å²) >= 11 is 0. The fourth-order valence-corrected chi connectivity index (χ4v) is 1.70. The molecule has 0 aliphatic heterocycles. The Balaban J connectivity index is 0.00000220. The van der Waals surface area contributed by atoms with Gasteiger partial charge >= 0.3 is 0 Å². The van der Waals surface area contributed by atoms with Crippen LogP contribution in [0.25, 0.3) is 6.08 Å². The minimum Gasteiger partial charge on any atom is -0.399 e.